The lowest BCUT2D eigenvalue weighted by atomic mass is 10.1. The van der Waals surface area contributed by atoms with Crippen molar-refractivity contribution < 1.29 is 4.79 Å². The number of ketones is 1. The van der Waals surface area contributed by atoms with E-state index >= 15 is 0 Å². The number of carbonyl (C=O) groups is 1. The van der Waals surface area contributed by atoms with E-state index in [-0.39, 0.29) is 0 Å². The van der Waals surface area contributed by atoms with Gasteiger partial charge in [0.2, 0.25) is 0 Å². The second-order valence-corrected chi connectivity index (χ2v) is 4.71. The van der Waals surface area contributed by atoms with Gasteiger partial charge in [-0.15, -0.1) is 0 Å². The Morgan fingerprint density at radius 2 is 2.06 bits per heavy atom. The molecule has 0 N–H and O–H groups in total. The number of benzene rings is 1. The molecule has 0 atom stereocenters. The molecule has 0 unspecified atom stereocenters. The minimum absolute atomic E-state index is 0.300. The number of rotatable bonds is 7. The van der Waals surface area contributed by atoms with Crippen molar-refractivity contribution in [1.82, 2.24) is 9.55 Å². The van der Waals surface area contributed by atoms with Crippen LogP contribution in [0.2, 0.25) is 0 Å². The van der Waals surface area contributed by atoms with E-state index in [1.54, 1.807) is 6.33 Å². The number of unbranched alkanes of at least 4 members (excludes halogenated alkanes) is 3. The van der Waals surface area contributed by atoms with E-state index in [4.69, 9.17) is 0 Å². The van der Waals surface area contributed by atoms with Gasteiger partial charge in [0.05, 0.1) is 23.9 Å². The molecular weight excluding hydrogens is 224 g/mol. The molecule has 0 bridgehead atoms. The Kier molecular flexibility index (Phi) is 4.51. The number of carbonyl (C=O) groups excluding carboxylic acids is 1. The van der Waals surface area contributed by atoms with Crippen molar-refractivity contribution in [1.29, 1.82) is 0 Å². The first-order valence-corrected chi connectivity index (χ1v) is 6.73. The van der Waals surface area contributed by atoms with Crippen LogP contribution in [0.25, 0.3) is 11.0 Å². The highest BCUT2D eigenvalue weighted by Crippen LogP contribution is 2.12. The molecule has 0 aliphatic rings. The summed E-state index contributed by atoms with van der Waals surface area (Å²) in [6, 6.07) is 7.92. The fraction of sp³-hybridized carbons (Fsp3) is 0.467. The highest BCUT2D eigenvalue weighted by atomic mass is 16.1. The summed E-state index contributed by atoms with van der Waals surface area (Å²) in [5, 5.41) is 0. The van der Waals surface area contributed by atoms with E-state index in [1.165, 1.54) is 12.8 Å². The zero-order chi connectivity index (χ0) is 12.8. The maximum absolute atomic E-state index is 11.9. The molecule has 0 fully saturated rings. The van der Waals surface area contributed by atoms with Crippen LogP contribution in [-0.4, -0.2) is 15.3 Å². The highest BCUT2D eigenvalue weighted by Gasteiger charge is 2.06. The average Bonchev–Trinajstić information content (AvgIpc) is 2.78. The lowest BCUT2D eigenvalue weighted by molar-refractivity contribution is -0.119. The predicted molar refractivity (Wildman–Crippen MR) is 73.5 cm³/mol. The molecule has 2 aromatic rings. The van der Waals surface area contributed by atoms with Crippen LogP contribution < -0.4 is 0 Å². The van der Waals surface area contributed by atoms with E-state index < -0.39 is 0 Å². The van der Waals surface area contributed by atoms with Crippen molar-refractivity contribution in [3.05, 3.63) is 30.6 Å². The average molecular weight is 244 g/mol. The number of hydrogen-bond donors (Lipinski definition) is 0. The number of para-hydroxylation sites is 2. The van der Waals surface area contributed by atoms with Crippen LogP contribution in [0.1, 0.15) is 39.0 Å². The van der Waals surface area contributed by atoms with E-state index in [2.05, 4.69) is 11.9 Å². The zero-order valence-electron chi connectivity index (χ0n) is 10.9. The lowest BCUT2D eigenvalue weighted by Crippen LogP contribution is -2.08. The molecule has 0 saturated carbocycles. The second-order valence-electron chi connectivity index (χ2n) is 4.71. The van der Waals surface area contributed by atoms with Gasteiger partial charge in [-0.2, -0.15) is 0 Å². The van der Waals surface area contributed by atoms with Crippen LogP contribution in [0, 0.1) is 0 Å². The molecule has 3 heteroatoms. The van der Waals surface area contributed by atoms with E-state index in [9.17, 15) is 4.79 Å². The molecule has 0 aliphatic carbocycles. The predicted octanol–water partition coefficient (Wildman–Crippen LogP) is 3.58. The summed E-state index contributed by atoms with van der Waals surface area (Å²) < 4.78 is 1.94. The van der Waals surface area contributed by atoms with Gasteiger partial charge in [-0.25, -0.2) is 4.98 Å². The van der Waals surface area contributed by atoms with Crippen molar-refractivity contribution in [2.24, 2.45) is 0 Å². The molecule has 1 aromatic heterocycles. The van der Waals surface area contributed by atoms with E-state index in [0.717, 1.165) is 23.9 Å². The Hall–Kier alpha value is -1.64. The van der Waals surface area contributed by atoms with E-state index in [1.807, 2.05) is 28.8 Å². The molecule has 1 aromatic carbocycles. The quantitative estimate of drug-likeness (QED) is 0.698. The first-order chi connectivity index (χ1) is 8.81. The second kappa shape index (κ2) is 6.34. The van der Waals surface area contributed by atoms with E-state index in [0.29, 0.717) is 18.7 Å². The number of aromatic nitrogens is 2. The summed E-state index contributed by atoms with van der Waals surface area (Å²) in [6.07, 6.45) is 7.05. The van der Waals surface area contributed by atoms with Crippen molar-refractivity contribution in [2.45, 2.75) is 45.6 Å². The molecule has 0 spiro atoms. The first kappa shape index (κ1) is 12.8. The molecule has 18 heavy (non-hydrogen) atoms. The van der Waals surface area contributed by atoms with Gasteiger partial charge in [0.25, 0.3) is 0 Å². The third kappa shape index (κ3) is 3.19. The van der Waals surface area contributed by atoms with Crippen LogP contribution in [0.15, 0.2) is 30.6 Å². The molecule has 0 amide bonds. The minimum atomic E-state index is 0.300. The summed E-state index contributed by atoms with van der Waals surface area (Å²) in [5.74, 6) is 0.300. The van der Waals surface area contributed by atoms with Crippen molar-refractivity contribution >= 4 is 16.8 Å². The van der Waals surface area contributed by atoms with Gasteiger partial charge in [0, 0.05) is 6.42 Å². The molecule has 0 radical (unpaired) electrons. The molecular formula is C15H20N2O. The van der Waals surface area contributed by atoms with Crippen molar-refractivity contribution in [3.8, 4) is 0 Å². The summed E-state index contributed by atoms with van der Waals surface area (Å²) in [7, 11) is 0. The maximum atomic E-state index is 11.9. The molecule has 3 nitrogen and oxygen atoms in total. The van der Waals surface area contributed by atoms with Crippen molar-refractivity contribution in [3.63, 3.8) is 0 Å². The SMILES string of the molecule is CCCCCCC(=O)Cn1cnc2ccccc21. The summed E-state index contributed by atoms with van der Waals surface area (Å²) in [4.78, 5) is 16.2. The third-order valence-electron chi connectivity index (χ3n) is 3.18. The lowest BCUT2D eigenvalue weighted by Gasteiger charge is -2.03. The number of nitrogens with zero attached hydrogens (tertiary/aromatic N) is 2. The van der Waals surface area contributed by atoms with Crippen LogP contribution in [0.4, 0.5) is 0 Å². The fourth-order valence-corrected chi connectivity index (χ4v) is 2.15. The molecule has 96 valence electrons. The van der Waals surface area contributed by atoms with Gasteiger partial charge in [-0.3, -0.25) is 4.79 Å². The van der Waals surface area contributed by atoms with Crippen LogP contribution in [-0.2, 0) is 11.3 Å². The monoisotopic (exact) mass is 244 g/mol. The van der Waals surface area contributed by atoms with Crippen LogP contribution in [0.5, 0.6) is 0 Å². The summed E-state index contributed by atoms with van der Waals surface area (Å²) in [5.41, 5.74) is 2.00. The zero-order valence-corrected chi connectivity index (χ0v) is 10.9. The number of fused-ring (bicyclic) bond motifs is 1. The third-order valence-corrected chi connectivity index (χ3v) is 3.18. The fourth-order valence-electron chi connectivity index (χ4n) is 2.15. The smallest absolute Gasteiger partial charge is 0.152 e. The standard InChI is InChI=1S/C15H20N2O/c1-2-3-4-5-8-13(18)11-17-12-16-14-9-6-7-10-15(14)17/h6-7,9-10,12H,2-5,8,11H2,1H3. The Bertz CT molecular complexity index is 516. The number of Topliss-reactive ketones (excluding diaryl/α,β-unsaturated/α-hetero) is 1. The normalized spacial score (nSPS) is 10.9. The first-order valence-electron chi connectivity index (χ1n) is 6.73. The van der Waals surface area contributed by atoms with Gasteiger partial charge in [0.1, 0.15) is 0 Å². The van der Waals surface area contributed by atoms with Gasteiger partial charge in [-0.05, 0) is 18.6 Å². The molecule has 0 saturated heterocycles. The summed E-state index contributed by atoms with van der Waals surface area (Å²) in [6.45, 7) is 2.63. The van der Waals surface area contributed by atoms with Gasteiger partial charge in [-0.1, -0.05) is 38.3 Å². The maximum Gasteiger partial charge on any atom is 0.152 e. The Morgan fingerprint density at radius 1 is 1.22 bits per heavy atom. The highest BCUT2D eigenvalue weighted by molar-refractivity contribution is 5.81. The topological polar surface area (TPSA) is 34.9 Å². The van der Waals surface area contributed by atoms with Crippen LogP contribution >= 0.6 is 0 Å². The molecule has 2 rings (SSSR count). The van der Waals surface area contributed by atoms with Gasteiger partial charge < -0.3 is 4.57 Å². The van der Waals surface area contributed by atoms with Crippen LogP contribution in [0.3, 0.4) is 0 Å². The Labute approximate surface area is 108 Å². The minimum Gasteiger partial charge on any atom is -0.323 e. The Balaban J connectivity index is 1.91. The summed E-state index contributed by atoms with van der Waals surface area (Å²) >= 11 is 0. The largest absolute Gasteiger partial charge is 0.323 e. The number of hydrogen-bond acceptors (Lipinski definition) is 2. The molecule has 1 heterocycles. The van der Waals surface area contributed by atoms with Crippen molar-refractivity contribution in [2.75, 3.05) is 0 Å². The van der Waals surface area contributed by atoms with Gasteiger partial charge in [0.15, 0.2) is 5.78 Å². The van der Waals surface area contributed by atoms with Gasteiger partial charge >= 0.3 is 0 Å². The molecule has 0 aliphatic heterocycles. The number of imidazole rings is 1. The Morgan fingerprint density at radius 3 is 2.89 bits per heavy atom.